The summed E-state index contributed by atoms with van der Waals surface area (Å²) in [6, 6.07) is 0. The largest absolute Gasteiger partial charge is 0.337 e. The summed E-state index contributed by atoms with van der Waals surface area (Å²) in [4.78, 5) is 3.87. The van der Waals surface area contributed by atoms with E-state index in [0.717, 1.165) is 14.5 Å². The van der Waals surface area contributed by atoms with Crippen LogP contribution in [0.25, 0.3) is 6.08 Å². The third kappa shape index (κ3) is 1.85. The molecule has 1 aromatic rings. The average molecular weight is 184 g/mol. The lowest BCUT2D eigenvalue weighted by Crippen LogP contribution is -1.77. The van der Waals surface area contributed by atoms with Crippen molar-refractivity contribution >= 4 is 35.8 Å². The first-order valence-corrected chi connectivity index (χ1v) is 4.36. The van der Waals surface area contributed by atoms with Gasteiger partial charge >= 0.3 is 0 Å². The number of thiazole rings is 1. The summed E-state index contributed by atoms with van der Waals surface area (Å²) in [5.74, 6) is 0. The van der Waals surface area contributed by atoms with E-state index in [2.05, 4.69) is 4.98 Å². The highest BCUT2D eigenvalue weighted by Crippen LogP contribution is 2.13. The van der Waals surface area contributed by atoms with Gasteiger partial charge in [0.05, 0.1) is 10.6 Å². The molecule has 0 saturated carbocycles. The first-order chi connectivity index (χ1) is 5.27. The van der Waals surface area contributed by atoms with Gasteiger partial charge in [-0.05, 0) is 25.2 Å². The molecule has 11 heavy (non-hydrogen) atoms. The summed E-state index contributed by atoms with van der Waals surface area (Å²) < 4.78 is 0.719. The van der Waals surface area contributed by atoms with Crippen LogP contribution in [0.4, 0.5) is 0 Å². The van der Waals surface area contributed by atoms with Crippen molar-refractivity contribution in [3.05, 3.63) is 20.6 Å². The van der Waals surface area contributed by atoms with Gasteiger partial charge < -0.3 is 10.4 Å². The molecule has 0 fully saturated rings. The quantitative estimate of drug-likeness (QED) is 0.538. The number of hydrogen-bond donors (Lipinski definition) is 2. The van der Waals surface area contributed by atoms with Crippen molar-refractivity contribution < 1.29 is 0 Å². The highest BCUT2D eigenvalue weighted by Gasteiger charge is 1.98. The van der Waals surface area contributed by atoms with Crippen molar-refractivity contribution in [3.8, 4) is 0 Å². The second-order valence-corrected chi connectivity index (χ2v) is 3.66. The molecule has 0 spiro atoms. The monoisotopic (exact) mass is 184 g/mol. The Morgan fingerprint density at radius 3 is 2.91 bits per heavy atom. The number of hydrogen-bond acceptors (Lipinski definition) is 3. The summed E-state index contributed by atoms with van der Waals surface area (Å²) in [6.07, 6.45) is 5.14. The van der Waals surface area contributed by atoms with Gasteiger partial charge in [0, 0.05) is 6.21 Å². The van der Waals surface area contributed by atoms with Crippen LogP contribution in [0.2, 0.25) is 0 Å². The average Bonchev–Trinajstić information content (AvgIpc) is 2.32. The summed E-state index contributed by atoms with van der Waals surface area (Å²) in [6.45, 7) is 1.93. The Balaban J connectivity index is 3.22. The molecule has 1 rings (SSSR count). The van der Waals surface area contributed by atoms with E-state index in [4.69, 9.17) is 17.6 Å². The minimum absolute atomic E-state index is 0.719. The molecule has 2 N–H and O–H groups in total. The number of nitrogens with one attached hydrogen (secondary N) is 2. The van der Waals surface area contributed by atoms with Gasteiger partial charge in [-0.15, -0.1) is 11.3 Å². The van der Waals surface area contributed by atoms with E-state index < -0.39 is 0 Å². The lowest BCUT2D eigenvalue weighted by atomic mass is 10.3. The van der Waals surface area contributed by atoms with Crippen LogP contribution in [0.5, 0.6) is 0 Å². The molecule has 2 nitrogen and oxygen atoms in total. The number of rotatable bonds is 2. The lowest BCUT2D eigenvalue weighted by Gasteiger charge is -1.85. The van der Waals surface area contributed by atoms with E-state index in [1.54, 1.807) is 0 Å². The molecule has 0 bridgehead atoms. The van der Waals surface area contributed by atoms with Crippen LogP contribution in [-0.4, -0.2) is 11.2 Å². The zero-order chi connectivity index (χ0) is 8.27. The molecule has 0 aliphatic rings. The molecule has 0 unspecified atom stereocenters. The van der Waals surface area contributed by atoms with Crippen molar-refractivity contribution in [3.63, 3.8) is 0 Å². The van der Waals surface area contributed by atoms with Crippen LogP contribution in [0, 0.1) is 9.36 Å². The molecule has 0 aliphatic carbocycles. The van der Waals surface area contributed by atoms with E-state index in [9.17, 15) is 0 Å². The van der Waals surface area contributed by atoms with Crippen molar-refractivity contribution in [2.75, 3.05) is 0 Å². The molecular formula is C7H8N2S2. The summed E-state index contributed by atoms with van der Waals surface area (Å²) in [7, 11) is 0. The maximum atomic E-state index is 7.06. The Labute approximate surface area is 74.1 Å². The maximum absolute atomic E-state index is 7.06. The maximum Gasteiger partial charge on any atom is 0.159 e. The molecular weight excluding hydrogens is 176 g/mol. The Kier molecular flexibility index (Phi) is 2.73. The minimum Gasteiger partial charge on any atom is -0.337 e. The van der Waals surface area contributed by atoms with Crippen LogP contribution in [0.1, 0.15) is 17.5 Å². The fourth-order valence-electron chi connectivity index (χ4n) is 0.750. The normalized spacial score (nSPS) is 10.6. The Hall–Kier alpha value is -0.740. The highest BCUT2D eigenvalue weighted by atomic mass is 32.1. The molecule has 0 radical (unpaired) electrons. The SMILES string of the molecule is C/C=C\c1[nH]c(=S)sc1C=N. The van der Waals surface area contributed by atoms with Crippen LogP contribution in [0.15, 0.2) is 6.08 Å². The summed E-state index contributed by atoms with van der Waals surface area (Å²) in [5.41, 5.74) is 0.928. The van der Waals surface area contributed by atoms with E-state index >= 15 is 0 Å². The van der Waals surface area contributed by atoms with Gasteiger partial charge in [-0.25, -0.2) is 0 Å². The fourth-order valence-corrected chi connectivity index (χ4v) is 1.78. The number of H-pyrrole nitrogens is 1. The predicted molar refractivity (Wildman–Crippen MR) is 52.1 cm³/mol. The zero-order valence-corrected chi connectivity index (χ0v) is 7.68. The second kappa shape index (κ2) is 3.59. The summed E-state index contributed by atoms with van der Waals surface area (Å²) >= 11 is 6.35. The molecule has 0 amide bonds. The minimum atomic E-state index is 0.719. The van der Waals surface area contributed by atoms with E-state index in [0.29, 0.717) is 0 Å². The molecule has 0 aliphatic heterocycles. The smallest absolute Gasteiger partial charge is 0.159 e. The Morgan fingerprint density at radius 1 is 1.64 bits per heavy atom. The number of allylic oxidation sites excluding steroid dienone is 1. The van der Waals surface area contributed by atoms with E-state index in [1.807, 2.05) is 19.1 Å². The van der Waals surface area contributed by atoms with Gasteiger partial charge in [-0.3, -0.25) is 0 Å². The number of aromatic nitrogens is 1. The summed E-state index contributed by atoms with van der Waals surface area (Å²) in [5, 5.41) is 7.06. The number of aromatic amines is 1. The fraction of sp³-hybridized carbons (Fsp3) is 0.143. The topological polar surface area (TPSA) is 39.6 Å². The molecule has 4 heteroatoms. The third-order valence-electron chi connectivity index (χ3n) is 1.17. The standard InChI is InChI=1S/C7H8N2S2/c1-2-3-5-6(4-8)11-7(10)9-5/h2-4,8H,1H3,(H,9,10)/b3-2-,8-4?. The van der Waals surface area contributed by atoms with Crippen LogP contribution >= 0.6 is 23.6 Å². The Bertz CT molecular complexity index is 332. The Morgan fingerprint density at radius 2 is 2.36 bits per heavy atom. The second-order valence-electron chi connectivity index (χ2n) is 1.94. The highest BCUT2D eigenvalue weighted by molar-refractivity contribution is 7.73. The van der Waals surface area contributed by atoms with Crippen LogP contribution < -0.4 is 0 Å². The van der Waals surface area contributed by atoms with Crippen molar-refractivity contribution in [2.45, 2.75) is 6.92 Å². The van der Waals surface area contributed by atoms with E-state index in [-0.39, 0.29) is 0 Å². The zero-order valence-electron chi connectivity index (χ0n) is 6.05. The van der Waals surface area contributed by atoms with Gasteiger partial charge in [0.15, 0.2) is 3.95 Å². The van der Waals surface area contributed by atoms with E-state index in [1.165, 1.54) is 17.6 Å². The molecule has 0 aromatic carbocycles. The van der Waals surface area contributed by atoms with Gasteiger partial charge in [-0.1, -0.05) is 6.08 Å². The molecule has 0 saturated heterocycles. The van der Waals surface area contributed by atoms with Crippen molar-refractivity contribution in [1.29, 1.82) is 5.41 Å². The molecule has 0 atom stereocenters. The van der Waals surface area contributed by atoms with Gasteiger partial charge in [0.1, 0.15) is 0 Å². The first-order valence-electron chi connectivity index (χ1n) is 3.14. The van der Waals surface area contributed by atoms with Gasteiger partial charge in [0.2, 0.25) is 0 Å². The van der Waals surface area contributed by atoms with Gasteiger partial charge in [-0.2, -0.15) is 0 Å². The van der Waals surface area contributed by atoms with Gasteiger partial charge in [0.25, 0.3) is 0 Å². The first kappa shape index (κ1) is 8.36. The van der Waals surface area contributed by atoms with Crippen LogP contribution in [0.3, 0.4) is 0 Å². The lowest BCUT2D eigenvalue weighted by molar-refractivity contribution is 1.35. The van der Waals surface area contributed by atoms with Crippen LogP contribution in [-0.2, 0) is 0 Å². The molecule has 58 valence electrons. The molecule has 1 heterocycles. The predicted octanol–water partition coefficient (Wildman–Crippen LogP) is 2.84. The van der Waals surface area contributed by atoms with Crippen molar-refractivity contribution in [2.24, 2.45) is 0 Å². The molecule has 1 aromatic heterocycles. The van der Waals surface area contributed by atoms with Crippen molar-refractivity contribution in [1.82, 2.24) is 4.98 Å². The third-order valence-corrected chi connectivity index (χ3v) is 2.37.